The zero-order chi connectivity index (χ0) is 16.5. The van der Waals surface area contributed by atoms with E-state index < -0.39 is 0 Å². The van der Waals surface area contributed by atoms with Crippen LogP contribution in [0.2, 0.25) is 0 Å². The molecule has 1 heterocycles. The minimum Gasteiger partial charge on any atom is -0.473 e. The van der Waals surface area contributed by atoms with E-state index in [0.29, 0.717) is 18.9 Å². The van der Waals surface area contributed by atoms with E-state index in [1.54, 1.807) is 11.6 Å². The summed E-state index contributed by atoms with van der Waals surface area (Å²) in [5.41, 5.74) is 5.26. The van der Waals surface area contributed by atoms with Crippen molar-refractivity contribution >= 4 is 12.1 Å². The molecule has 1 aliphatic rings. The lowest BCUT2D eigenvalue weighted by molar-refractivity contribution is -0.109. The predicted octanol–water partition coefficient (Wildman–Crippen LogP) is 2.19. The number of anilines is 1. The minimum atomic E-state index is 0.403. The van der Waals surface area contributed by atoms with Gasteiger partial charge < -0.3 is 10.1 Å². The molecule has 1 aromatic carbocycles. The maximum absolute atomic E-state index is 8.94. The summed E-state index contributed by atoms with van der Waals surface area (Å²) >= 11 is 0. The fraction of sp³-hybridized carbons (Fsp3) is 0.294. The molecule has 0 unspecified atom stereocenters. The molecule has 1 fully saturated rings. The Bertz CT molecular complexity index is 629. The molecule has 2 aromatic rings. The van der Waals surface area contributed by atoms with Gasteiger partial charge in [0, 0.05) is 30.1 Å². The van der Waals surface area contributed by atoms with Gasteiger partial charge in [0.05, 0.1) is 0 Å². The van der Waals surface area contributed by atoms with E-state index in [4.69, 9.17) is 9.53 Å². The molecule has 122 valence electrons. The molecule has 1 aromatic heterocycles. The first-order chi connectivity index (χ1) is 11.3. The number of ether oxygens (including phenoxy) is 1. The third kappa shape index (κ3) is 4.96. The van der Waals surface area contributed by atoms with E-state index in [9.17, 15) is 0 Å². The summed E-state index contributed by atoms with van der Waals surface area (Å²) in [5.74, 6) is 5.85. The zero-order valence-electron chi connectivity index (χ0n) is 13.2. The van der Waals surface area contributed by atoms with Gasteiger partial charge in [-0.1, -0.05) is 24.3 Å². The van der Waals surface area contributed by atoms with E-state index in [2.05, 4.69) is 34.3 Å². The highest BCUT2D eigenvalue weighted by molar-refractivity contribution is 5.50. The molecule has 0 saturated heterocycles. The molecule has 1 aliphatic carbocycles. The lowest BCUT2D eigenvalue weighted by atomic mass is 10.1. The number of nitrogens with one attached hydrogen (secondary N) is 2. The Morgan fingerprint density at radius 3 is 2.70 bits per heavy atom. The van der Waals surface area contributed by atoms with Crippen LogP contribution in [0.15, 0.2) is 42.6 Å². The number of para-hydroxylation sites is 1. The summed E-state index contributed by atoms with van der Waals surface area (Å²) in [6, 6.07) is 12.3. The molecule has 0 aliphatic heterocycles. The van der Waals surface area contributed by atoms with Crippen LogP contribution in [0, 0.1) is 0 Å². The number of carbonyl (C=O) groups is 1. The van der Waals surface area contributed by atoms with Gasteiger partial charge in [-0.3, -0.25) is 10.2 Å². The Morgan fingerprint density at radius 1 is 1.30 bits per heavy atom. The fourth-order valence-electron chi connectivity index (χ4n) is 2.27. The van der Waals surface area contributed by atoms with Gasteiger partial charge in [-0.2, -0.15) is 0 Å². The lowest BCUT2D eigenvalue weighted by Crippen LogP contribution is -2.18. The van der Waals surface area contributed by atoms with Gasteiger partial charge in [-0.05, 0) is 30.9 Å². The van der Waals surface area contributed by atoms with E-state index in [1.807, 2.05) is 25.2 Å². The molecule has 3 rings (SSSR count). The Labute approximate surface area is 136 Å². The van der Waals surface area contributed by atoms with Crippen LogP contribution in [0.4, 0.5) is 5.69 Å². The number of hydrogen-bond donors (Lipinski definition) is 3. The maximum atomic E-state index is 8.94. The Hall–Kier alpha value is -2.60. The first-order valence-electron chi connectivity index (χ1n) is 7.53. The van der Waals surface area contributed by atoms with Crippen LogP contribution < -0.4 is 21.3 Å². The second-order valence-corrected chi connectivity index (χ2v) is 5.15. The van der Waals surface area contributed by atoms with Gasteiger partial charge in [-0.25, -0.2) is 10.8 Å². The molecule has 1 saturated carbocycles. The summed E-state index contributed by atoms with van der Waals surface area (Å²) < 4.78 is 5.92. The summed E-state index contributed by atoms with van der Waals surface area (Å²) in [6.07, 6.45) is 4.72. The smallest absolute Gasteiger partial charge is 0.221 e. The Kier molecular flexibility index (Phi) is 6.38. The number of rotatable bonds is 6. The summed E-state index contributed by atoms with van der Waals surface area (Å²) in [7, 11) is 1.93. The molecule has 1 amide bonds. The third-order valence-electron chi connectivity index (χ3n) is 3.54. The molecule has 23 heavy (non-hydrogen) atoms. The van der Waals surface area contributed by atoms with Crippen molar-refractivity contribution < 1.29 is 9.53 Å². The van der Waals surface area contributed by atoms with Crippen molar-refractivity contribution in [1.82, 2.24) is 10.4 Å². The van der Waals surface area contributed by atoms with Crippen LogP contribution in [0.3, 0.4) is 0 Å². The molecule has 0 spiro atoms. The van der Waals surface area contributed by atoms with E-state index in [-0.39, 0.29) is 0 Å². The van der Waals surface area contributed by atoms with E-state index >= 15 is 0 Å². The van der Waals surface area contributed by atoms with Crippen molar-refractivity contribution in [2.24, 2.45) is 5.84 Å². The molecule has 0 atom stereocenters. The monoisotopic (exact) mass is 314 g/mol. The summed E-state index contributed by atoms with van der Waals surface area (Å²) in [5, 5.41) is 3.18. The van der Waals surface area contributed by atoms with E-state index in [1.165, 1.54) is 18.4 Å². The van der Waals surface area contributed by atoms with Crippen LogP contribution in [-0.4, -0.2) is 18.4 Å². The highest BCUT2D eigenvalue weighted by Crippen LogP contribution is 2.43. The van der Waals surface area contributed by atoms with Gasteiger partial charge >= 0.3 is 0 Å². The maximum Gasteiger partial charge on any atom is 0.221 e. The standard InChI is InChI=1S/C16H18N2O.CH4N2O/c1-17-15-7-3-2-5-13(15)11-19-16-14(12-8-9-12)6-4-10-18-16;2-3-1-4/h2-7,10,12,17H,8-9,11H2,1H3;1H,2H2,(H,3,4). The van der Waals surface area contributed by atoms with Crippen LogP contribution in [0.5, 0.6) is 5.88 Å². The number of nitrogens with zero attached hydrogens (tertiary/aromatic N) is 1. The summed E-state index contributed by atoms with van der Waals surface area (Å²) in [6.45, 7) is 0.549. The first kappa shape index (κ1) is 16.8. The van der Waals surface area contributed by atoms with Gasteiger partial charge in [0.25, 0.3) is 0 Å². The van der Waals surface area contributed by atoms with Gasteiger partial charge in [0.1, 0.15) is 6.61 Å². The minimum absolute atomic E-state index is 0.403. The molecular weight excluding hydrogens is 292 g/mol. The van der Waals surface area contributed by atoms with Crippen molar-refractivity contribution in [2.45, 2.75) is 25.4 Å². The second-order valence-electron chi connectivity index (χ2n) is 5.15. The number of pyridine rings is 1. The molecule has 4 N–H and O–H groups in total. The highest BCUT2D eigenvalue weighted by atomic mass is 16.5. The SMILES string of the molecule is CNc1ccccc1COc1ncccc1C1CC1.NNC=O. The lowest BCUT2D eigenvalue weighted by Gasteiger charge is -2.12. The number of hydrogen-bond acceptors (Lipinski definition) is 5. The highest BCUT2D eigenvalue weighted by Gasteiger charge is 2.27. The number of benzene rings is 1. The zero-order valence-corrected chi connectivity index (χ0v) is 13.2. The number of aromatic nitrogens is 1. The van der Waals surface area contributed by atoms with Crippen LogP contribution in [0.25, 0.3) is 0 Å². The molecular formula is C17H22N4O2. The largest absolute Gasteiger partial charge is 0.473 e. The quantitative estimate of drug-likeness (QED) is 0.329. The molecule has 6 nitrogen and oxygen atoms in total. The number of carbonyl (C=O) groups excluding carboxylic acids is 1. The molecule has 0 bridgehead atoms. The average Bonchev–Trinajstić information content (AvgIpc) is 3.45. The van der Waals surface area contributed by atoms with Crippen LogP contribution >= 0.6 is 0 Å². The first-order valence-corrected chi connectivity index (χ1v) is 7.53. The molecule has 6 heteroatoms. The van der Waals surface area contributed by atoms with Crippen molar-refractivity contribution in [3.05, 3.63) is 53.7 Å². The topological polar surface area (TPSA) is 89.3 Å². The number of hydrazine groups is 1. The number of amides is 1. The van der Waals surface area contributed by atoms with Crippen molar-refractivity contribution in [1.29, 1.82) is 0 Å². The van der Waals surface area contributed by atoms with Gasteiger partial charge in [-0.15, -0.1) is 0 Å². The summed E-state index contributed by atoms with van der Waals surface area (Å²) in [4.78, 5) is 13.3. The van der Waals surface area contributed by atoms with Crippen molar-refractivity contribution in [3.63, 3.8) is 0 Å². The van der Waals surface area contributed by atoms with Crippen molar-refractivity contribution in [2.75, 3.05) is 12.4 Å². The molecule has 0 radical (unpaired) electrons. The fourth-order valence-corrected chi connectivity index (χ4v) is 2.27. The van der Waals surface area contributed by atoms with E-state index in [0.717, 1.165) is 17.1 Å². The van der Waals surface area contributed by atoms with Crippen molar-refractivity contribution in [3.8, 4) is 5.88 Å². The Balaban J connectivity index is 0.000000433. The van der Waals surface area contributed by atoms with Gasteiger partial charge in [0.15, 0.2) is 0 Å². The predicted molar refractivity (Wildman–Crippen MR) is 89.9 cm³/mol. The average molecular weight is 314 g/mol. The normalized spacial score (nSPS) is 12.6. The van der Waals surface area contributed by atoms with Crippen LogP contribution in [0.1, 0.15) is 29.9 Å². The van der Waals surface area contributed by atoms with Crippen LogP contribution in [-0.2, 0) is 11.4 Å². The Morgan fingerprint density at radius 2 is 2.04 bits per heavy atom. The second kappa shape index (κ2) is 8.75. The number of nitrogens with two attached hydrogens (primary N) is 1. The third-order valence-corrected chi connectivity index (χ3v) is 3.54. The van der Waals surface area contributed by atoms with Gasteiger partial charge in [0.2, 0.25) is 12.3 Å².